The molecule has 1 saturated carbocycles. The Labute approximate surface area is 142 Å². The molecule has 0 bridgehead atoms. The molecule has 0 heterocycles. The summed E-state index contributed by atoms with van der Waals surface area (Å²) in [5.74, 6) is -3.68. The summed E-state index contributed by atoms with van der Waals surface area (Å²) >= 11 is 0. The molecule has 0 amide bonds. The lowest BCUT2D eigenvalue weighted by Crippen LogP contribution is -2.26. The van der Waals surface area contributed by atoms with Gasteiger partial charge in [0.05, 0.1) is 0 Å². The molecule has 0 aromatic heterocycles. The first kappa shape index (κ1) is 17.6. The van der Waals surface area contributed by atoms with Crippen molar-refractivity contribution in [2.75, 3.05) is 0 Å². The molecule has 132 valence electrons. The second kappa shape index (κ2) is 6.61. The third-order valence-electron chi connectivity index (χ3n) is 3.79. The van der Waals surface area contributed by atoms with Gasteiger partial charge in [0.15, 0.2) is 17.4 Å². The third kappa shape index (κ3) is 4.08. The maximum Gasteiger partial charge on any atom is 0.243 e. The van der Waals surface area contributed by atoms with Gasteiger partial charge in [0.1, 0.15) is 10.7 Å². The van der Waals surface area contributed by atoms with Gasteiger partial charge in [-0.15, -0.1) is 0 Å². The van der Waals surface area contributed by atoms with E-state index in [1.807, 2.05) is 0 Å². The van der Waals surface area contributed by atoms with Crippen molar-refractivity contribution in [3.8, 4) is 0 Å². The van der Waals surface area contributed by atoms with Crippen molar-refractivity contribution in [1.82, 2.24) is 4.72 Å². The first-order valence-corrected chi connectivity index (χ1v) is 9.03. The Hall–Kier alpha value is -2.19. The molecule has 0 aliphatic heterocycles. The largest absolute Gasteiger partial charge is 0.294 e. The van der Waals surface area contributed by atoms with Crippen LogP contribution >= 0.6 is 0 Å². The molecule has 0 atom stereocenters. The van der Waals surface area contributed by atoms with Crippen molar-refractivity contribution in [2.45, 2.75) is 30.2 Å². The van der Waals surface area contributed by atoms with E-state index in [-0.39, 0.29) is 23.6 Å². The summed E-state index contributed by atoms with van der Waals surface area (Å²) in [5, 5.41) is 0. The fourth-order valence-corrected chi connectivity index (χ4v) is 3.74. The molecular formula is C17H14F3NO3S. The van der Waals surface area contributed by atoms with Crippen LogP contribution in [0.15, 0.2) is 41.3 Å². The fourth-order valence-electron chi connectivity index (χ4n) is 2.30. The predicted molar refractivity (Wildman–Crippen MR) is 84.1 cm³/mol. The number of benzene rings is 2. The van der Waals surface area contributed by atoms with Gasteiger partial charge in [0.2, 0.25) is 10.0 Å². The zero-order valence-electron chi connectivity index (χ0n) is 12.9. The van der Waals surface area contributed by atoms with E-state index < -0.39 is 38.2 Å². The molecule has 8 heteroatoms. The zero-order valence-corrected chi connectivity index (χ0v) is 13.7. The van der Waals surface area contributed by atoms with Crippen LogP contribution in [0.2, 0.25) is 0 Å². The molecule has 0 unspecified atom stereocenters. The lowest BCUT2D eigenvalue weighted by atomic mass is 10.0. The van der Waals surface area contributed by atoms with E-state index in [1.165, 1.54) is 6.07 Å². The van der Waals surface area contributed by atoms with Gasteiger partial charge in [0, 0.05) is 18.0 Å². The minimum atomic E-state index is -4.01. The molecule has 2 aromatic carbocycles. The Kier molecular flexibility index (Phi) is 4.66. The first-order valence-electron chi connectivity index (χ1n) is 7.55. The average Bonchev–Trinajstić information content (AvgIpc) is 3.35. The number of hydrogen-bond acceptors (Lipinski definition) is 3. The number of nitrogens with one attached hydrogen (secondary N) is 1. The number of halogens is 3. The lowest BCUT2D eigenvalue weighted by molar-refractivity contribution is 0.0992. The Morgan fingerprint density at radius 2 is 1.68 bits per heavy atom. The van der Waals surface area contributed by atoms with Crippen LogP contribution in [0.3, 0.4) is 0 Å². The maximum atomic E-state index is 13.9. The topological polar surface area (TPSA) is 63.2 Å². The first-order chi connectivity index (χ1) is 11.8. The number of Topliss-reactive ketones (excluding diaryl/α,β-unsaturated/α-hetero) is 1. The summed E-state index contributed by atoms with van der Waals surface area (Å²) in [6.45, 7) is 0. The molecule has 4 nitrogen and oxygen atoms in total. The van der Waals surface area contributed by atoms with E-state index in [9.17, 15) is 26.4 Å². The summed E-state index contributed by atoms with van der Waals surface area (Å²) in [6.07, 6.45) is 1.14. The van der Waals surface area contributed by atoms with Gasteiger partial charge in [-0.25, -0.2) is 26.3 Å². The van der Waals surface area contributed by atoms with Crippen LogP contribution in [0, 0.1) is 17.5 Å². The number of carbonyl (C=O) groups excluding carboxylic acids is 1. The fraction of sp³-hybridized carbons (Fsp3) is 0.235. The van der Waals surface area contributed by atoms with Gasteiger partial charge < -0.3 is 0 Å². The van der Waals surface area contributed by atoms with Gasteiger partial charge in [-0.3, -0.25) is 4.79 Å². The maximum absolute atomic E-state index is 13.9. The van der Waals surface area contributed by atoms with E-state index in [0.29, 0.717) is 12.8 Å². The van der Waals surface area contributed by atoms with Crippen LogP contribution in [0.5, 0.6) is 0 Å². The molecular weight excluding hydrogens is 355 g/mol. The molecule has 2 aromatic rings. The van der Waals surface area contributed by atoms with Crippen molar-refractivity contribution in [3.63, 3.8) is 0 Å². The Morgan fingerprint density at radius 3 is 2.32 bits per heavy atom. The van der Waals surface area contributed by atoms with Crippen LogP contribution in [-0.4, -0.2) is 20.2 Å². The molecule has 1 fully saturated rings. The van der Waals surface area contributed by atoms with Gasteiger partial charge in [-0.05, 0) is 48.7 Å². The average molecular weight is 369 g/mol. The van der Waals surface area contributed by atoms with E-state index in [4.69, 9.17) is 0 Å². The predicted octanol–water partition coefficient (Wildman–Crippen LogP) is 2.97. The number of hydrogen-bond donors (Lipinski definition) is 1. The van der Waals surface area contributed by atoms with E-state index in [1.54, 1.807) is 0 Å². The second-order valence-corrected chi connectivity index (χ2v) is 7.57. The van der Waals surface area contributed by atoms with Crippen molar-refractivity contribution < 1.29 is 26.4 Å². The SMILES string of the molecule is O=C(Cc1ccc(F)c(S(=O)(=O)NC2CC2)c1)c1ccc(F)c(F)c1. The Bertz CT molecular complexity index is 940. The monoisotopic (exact) mass is 369 g/mol. The number of carbonyl (C=O) groups is 1. The highest BCUT2D eigenvalue weighted by Crippen LogP contribution is 2.24. The van der Waals surface area contributed by atoms with Crippen LogP contribution in [0.1, 0.15) is 28.8 Å². The van der Waals surface area contributed by atoms with Crippen LogP contribution in [0.4, 0.5) is 13.2 Å². The molecule has 0 spiro atoms. The van der Waals surface area contributed by atoms with Crippen LogP contribution in [0.25, 0.3) is 0 Å². The van der Waals surface area contributed by atoms with E-state index >= 15 is 0 Å². The molecule has 1 aliphatic carbocycles. The summed E-state index contributed by atoms with van der Waals surface area (Å²) in [4.78, 5) is 11.6. The molecule has 0 radical (unpaired) electrons. The highest BCUT2D eigenvalue weighted by Gasteiger charge is 2.29. The van der Waals surface area contributed by atoms with Gasteiger partial charge in [-0.2, -0.15) is 0 Å². The summed E-state index contributed by atoms with van der Waals surface area (Å²) in [5.41, 5.74) is 0.205. The number of sulfonamides is 1. The molecule has 1 aliphatic rings. The van der Waals surface area contributed by atoms with Crippen molar-refractivity contribution in [2.24, 2.45) is 0 Å². The van der Waals surface area contributed by atoms with Crippen molar-refractivity contribution >= 4 is 15.8 Å². The Morgan fingerprint density at radius 1 is 1.00 bits per heavy atom. The standard InChI is InChI=1S/C17H14F3NO3S/c18-13-6-2-11(9-15(13)20)16(22)7-10-1-5-14(19)17(8-10)25(23,24)21-12-3-4-12/h1-2,5-6,8-9,12,21H,3-4,7H2. The minimum Gasteiger partial charge on any atom is -0.294 e. The Balaban J connectivity index is 1.84. The molecule has 0 saturated heterocycles. The normalized spacial score (nSPS) is 14.5. The van der Waals surface area contributed by atoms with E-state index in [0.717, 1.165) is 30.3 Å². The number of ketones is 1. The molecule has 1 N–H and O–H groups in total. The second-order valence-electron chi connectivity index (χ2n) is 5.89. The van der Waals surface area contributed by atoms with Crippen LogP contribution < -0.4 is 4.72 Å². The molecule has 25 heavy (non-hydrogen) atoms. The third-order valence-corrected chi connectivity index (χ3v) is 5.33. The van der Waals surface area contributed by atoms with Crippen molar-refractivity contribution in [1.29, 1.82) is 0 Å². The number of rotatable bonds is 6. The highest BCUT2D eigenvalue weighted by atomic mass is 32.2. The summed E-state index contributed by atoms with van der Waals surface area (Å²) < 4.78 is 66.7. The van der Waals surface area contributed by atoms with Gasteiger partial charge in [0.25, 0.3) is 0 Å². The quantitative estimate of drug-likeness (QED) is 0.797. The summed E-state index contributed by atoms with van der Waals surface area (Å²) in [7, 11) is -4.01. The zero-order chi connectivity index (χ0) is 18.2. The van der Waals surface area contributed by atoms with E-state index in [2.05, 4.69) is 4.72 Å². The minimum absolute atomic E-state index is 0.0521. The smallest absolute Gasteiger partial charge is 0.243 e. The van der Waals surface area contributed by atoms with Gasteiger partial charge in [-0.1, -0.05) is 6.07 Å². The van der Waals surface area contributed by atoms with Crippen LogP contribution in [-0.2, 0) is 16.4 Å². The highest BCUT2D eigenvalue weighted by molar-refractivity contribution is 7.89. The summed E-state index contributed by atoms with van der Waals surface area (Å²) in [6, 6.07) is 5.89. The molecule has 3 rings (SSSR count). The van der Waals surface area contributed by atoms with Gasteiger partial charge >= 0.3 is 0 Å². The van der Waals surface area contributed by atoms with Crippen molar-refractivity contribution in [3.05, 3.63) is 65.0 Å². The lowest BCUT2D eigenvalue weighted by Gasteiger charge is -2.09.